The number of nitrogens with zero attached hydrogens (tertiary/aromatic N) is 2. The van der Waals surface area contributed by atoms with Crippen LogP contribution in [0.4, 0.5) is 0 Å². The van der Waals surface area contributed by atoms with Gasteiger partial charge in [-0.05, 0) is 35.4 Å². The van der Waals surface area contributed by atoms with E-state index in [1.54, 1.807) is 0 Å². The van der Waals surface area contributed by atoms with Gasteiger partial charge in [0.2, 0.25) is 0 Å². The Labute approximate surface area is 97.8 Å². The van der Waals surface area contributed by atoms with Crippen molar-refractivity contribution in [3.05, 3.63) is 16.0 Å². The van der Waals surface area contributed by atoms with Crippen LogP contribution in [0.25, 0.3) is 0 Å². The first-order valence-corrected chi connectivity index (χ1v) is 6.18. The van der Waals surface area contributed by atoms with Gasteiger partial charge in [-0.25, -0.2) is 0 Å². The van der Waals surface area contributed by atoms with Crippen LogP contribution in [0, 0.1) is 3.57 Å². The molecule has 1 heterocycles. The van der Waals surface area contributed by atoms with E-state index in [4.69, 9.17) is 11.6 Å². The van der Waals surface area contributed by atoms with Crippen LogP contribution in [0.15, 0.2) is 12.4 Å². The molecule has 13 heavy (non-hydrogen) atoms. The summed E-state index contributed by atoms with van der Waals surface area (Å²) >= 11 is 7.86. The minimum absolute atomic E-state index is 0.791. The topological polar surface area (TPSA) is 17.8 Å². The Morgan fingerprint density at radius 2 is 2.08 bits per heavy atom. The molecule has 0 aliphatic carbocycles. The molecule has 4 heteroatoms. The van der Waals surface area contributed by atoms with E-state index >= 15 is 0 Å². The van der Waals surface area contributed by atoms with Gasteiger partial charge in [0.15, 0.2) is 0 Å². The third-order valence-corrected chi connectivity index (χ3v) is 2.70. The minimum Gasteiger partial charge on any atom is -0.272 e. The van der Waals surface area contributed by atoms with Crippen LogP contribution >= 0.6 is 34.2 Å². The zero-order valence-corrected chi connectivity index (χ0v) is 10.5. The highest BCUT2D eigenvalue weighted by molar-refractivity contribution is 14.1. The van der Waals surface area contributed by atoms with Gasteiger partial charge in [-0.3, -0.25) is 4.68 Å². The van der Waals surface area contributed by atoms with Gasteiger partial charge in [0.1, 0.15) is 0 Å². The van der Waals surface area contributed by atoms with Crippen LogP contribution in [-0.2, 0) is 6.54 Å². The number of hydrogen-bond acceptors (Lipinski definition) is 1. The molecule has 0 N–H and O–H groups in total. The lowest BCUT2D eigenvalue weighted by Crippen LogP contribution is -1.97. The van der Waals surface area contributed by atoms with Crippen LogP contribution in [0.3, 0.4) is 0 Å². The molecule has 0 radical (unpaired) electrons. The summed E-state index contributed by atoms with van der Waals surface area (Å²) in [7, 11) is 0. The molecule has 0 aliphatic heterocycles. The summed E-state index contributed by atoms with van der Waals surface area (Å²) in [4.78, 5) is 0. The lowest BCUT2D eigenvalue weighted by Gasteiger charge is -2.00. The van der Waals surface area contributed by atoms with Crippen molar-refractivity contribution in [2.24, 2.45) is 0 Å². The monoisotopic (exact) mass is 312 g/mol. The van der Waals surface area contributed by atoms with Crippen molar-refractivity contribution in [2.45, 2.75) is 32.2 Å². The zero-order valence-electron chi connectivity index (χ0n) is 7.55. The summed E-state index contributed by atoms with van der Waals surface area (Å²) in [6, 6.07) is 0. The molecular weight excluding hydrogens is 298 g/mol. The van der Waals surface area contributed by atoms with E-state index in [0.29, 0.717) is 0 Å². The smallest absolute Gasteiger partial charge is 0.0623 e. The highest BCUT2D eigenvalue weighted by Gasteiger charge is 1.94. The first kappa shape index (κ1) is 11.3. The summed E-state index contributed by atoms with van der Waals surface area (Å²) in [5, 5.41) is 4.22. The second-order valence-electron chi connectivity index (χ2n) is 3.02. The second-order valence-corrected chi connectivity index (χ2v) is 4.65. The van der Waals surface area contributed by atoms with Gasteiger partial charge in [-0.1, -0.05) is 12.8 Å². The number of unbranched alkanes of at least 4 members (excludes halogenated alkanes) is 3. The normalized spacial score (nSPS) is 10.6. The van der Waals surface area contributed by atoms with E-state index in [1.807, 2.05) is 10.9 Å². The summed E-state index contributed by atoms with van der Waals surface area (Å²) < 4.78 is 3.21. The fourth-order valence-electron chi connectivity index (χ4n) is 1.18. The zero-order chi connectivity index (χ0) is 9.52. The fourth-order valence-corrected chi connectivity index (χ4v) is 1.82. The Hall–Kier alpha value is 0.230. The molecule has 0 aliphatic rings. The number of aryl methyl sites for hydroxylation is 1. The number of alkyl halides is 1. The summed E-state index contributed by atoms with van der Waals surface area (Å²) in [5.74, 6) is 0.791. The molecular formula is C9H14ClIN2. The van der Waals surface area contributed by atoms with Crippen molar-refractivity contribution in [3.8, 4) is 0 Å². The Kier molecular flexibility index (Phi) is 5.78. The standard InChI is InChI=1S/C9H14ClIN2/c10-5-3-1-2-4-6-13-8-9(11)7-12-13/h7-8H,1-6H2. The van der Waals surface area contributed by atoms with Gasteiger partial charge >= 0.3 is 0 Å². The maximum absolute atomic E-state index is 5.58. The van der Waals surface area contributed by atoms with Crippen LogP contribution < -0.4 is 0 Å². The van der Waals surface area contributed by atoms with Crippen molar-refractivity contribution < 1.29 is 0 Å². The van der Waals surface area contributed by atoms with Gasteiger partial charge in [0, 0.05) is 18.6 Å². The molecule has 0 aromatic carbocycles. The van der Waals surface area contributed by atoms with Crippen molar-refractivity contribution in [1.82, 2.24) is 9.78 Å². The molecule has 1 aromatic rings. The van der Waals surface area contributed by atoms with Crippen LogP contribution in [0.2, 0.25) is 0 Å². The summed E-state index contributed by atoms with van der Waals surface area (Å²) in [5.41, 5.74) is 0. The van der Waals surface area contributed by atoms with E-state index < -0.39 is 0 Å². The highest BCUT2D eigenvalue weighted by atomic mass is 127. The third kappa shape index (κ3) is 4.86. The first-order valence-electron chi connectivity index (χ1n) is 4.57. The first-order chi connectivity index (χ1) is 6.33. The number of aromatic nitrogens is 2. The molecule has 0 spiro atoms. The van der Waals surface area contributed by atoms with Crippen molar-refractivity contribution in [1.29, 1.82) is 0 Å². The van der Waals surface area contributed by atoms with Gasteiger partial charge in [-0.2, -0.15) is 5.10 Å². The maximum atomic E-state index is 5.58. The molecule has 2 nitrogen and oxygen atoms in total. The molecule has 0 fully saturated rings. The van der Waals surface area contributed by atoms with Gasteiger partial charge in [0.25, 0.3) is 0 Å². The van der Waals surface area contributed by atoms with Crippen molar-refractivity contribution in [2.75, 3.05) is 5.88 Å². The van der Waals surface area contributed by atoms with Crippen molar-refractivity contribution >= 4 is 34.2 Å². The minimum atomic E-state index is 0.791. The van der Waals surface area contributed by atoms with Crippen LogP contribution in [0.1, 0.15) is 25.7 Å². The van der Waals surface area contributed by atoms with Gasteiger partial charge < -0.3 is 0 Å². The average molecular weight is 313 g/mol. The van der Waals surface area contributed by atoms with Crippen LogP contribution in [0.5, 0.6) is 0 Å². The number of hydrogen-bond donors (Lipinski definition) is 0. The molecule has 1 rings (SSSR count). The second kappa shape index (κ2) is 6.65. The molecule has 0 saturated carbocycles. The van der Waals surface area contributed by atoms with E-state index in [0.717, 1.165) is 18.8 Å². The lowest BCUT2D eigenvalue weighted by molar-refractivity contribution is 0.542. The summed E-state index contributed by atoms with van der Waals surface area (Å²) in [6.45, 7) is 1.03. The summed E-state index contributed by atoms with van der Waals surface area (Å²) in [6.07, 6.45) is 8.79. The van der Waals surface area contributed by atoms with Gasteiger partial charge in [-0.15, -0.1) is 11.6 Å². The quantitative estimate of drug-likeness (QED) is 0.448. The highest BCUT2D eigenvalue weighted by Crippen LogP contribution is 2.05. The Balaban J connectivity index is 2.06. The van der Waals surface area contributed by atoms with E-state index in [2.05, 4.69) is 33.9 Å². The third-order valence-electron chi connectivity index (χ3n) is 1.87. The SMILES string of the molecule is ClCCCCCCn1cc(I)cn1. The fraction of sp³-hybridized carbons (Fsp3) is 0.667. The van der Waals surface area contributed by atoms with Crippen LogP contribution in [-0.4, -0.2) is 15.7 Å². The molecule has 0 amide bonds. The number of halogens is 2. The number of rotatable bonds is 6. The predicted molar refractivity (Wildman–Crippen MR) is 64.1 cm³/mol. The van der Waals surface area contributed by atoms with E-state index in [-0.39, 0.29) is 0 Å². The molecule has 0 saturated heterocycles. The average Bonchev–Trinajstić information content (AvgIpc) is 2.51. The Morgan fingerprint density at radius 1 is 1.31 bits per heavy atom. The largest absolute Gasteiger partial charge is 0.272 e. The van der Waals surface area contributed by atoms with Crippen molar-refractivity contribution in [3.63, 3.8) is 0 Å². The Bertz CT molecular complexity index is 237. The van der Waals surface area contributed by atoms with E-state index in [1.165, 1.54) is 22.8 Å². The lowest BCUT2D eigenvalue weighted by atomic mass is 10.2. The van der Waals surface area contributed by atoms with E-state index in [9.17, 15) is 0 Å². The molecule has 0 atom stereocenters. The Morgan fingerprint density at radius 3 is 2.69 bits per heavy atom. The molecule has 1 aromatic heterocycles. The molecule has 0 bridgehead atoms. The predicted octanol–water partition coefficient (Wildman–Crippen LogP) is 3.29. The molecule has 0 unspecified atom stereocenters. The maximum Gasteiger partial charge on any atom is 0.0623 e. The van der Waals surface area contributed by atoms with Gasteiger partial charge in [0.05, 0.1) is 9.77 Å². The molecule has 74 valence electrons.